The largest absolute Gasteiger partial charge is 0.337 e. The number of carbonyl (C=O) groups excluding carboxylic acids is 1. The van der Waals surface area contributed by atoms with Crippen molar-refractivity contribution in [3.05, 3.63) is 29.8 Å². The normalized spacial score (nSPS) is 19.9. The summed E-state index contributed by atoms with van der Waals surface area (Å²) in [6.45, 7) is 2.87. The number of carbonyl (C=O) groups is 1. The fraction of sp³-hybridized carbons (Fsp3) is 0.500. The number of nitrogens with zero attached hydrogens (tertiary/aromatic N) is 1. The van der Waals surface area contributed by atoms with Crippen molar-refractivity contribution in [2.75, 3.05) is 18.8 Å². The number of rotatable bonds is 3. The number of likely N-dealkylation sites (tertiary alicyclic amines) is 1. The van der Waals surface area contributed by atoms with Crippen molar-refractivity contribution in [1.29, 1.82) is 0 Å². The van der Waals surface area contributed by atoms with Gasteiger partial charge in [0.25, 0.3) is 5.91 Å². The molecule has 0 bridgehead atoms. The molecule has 1 atom stereocenters. The number of sulfone groups is 1. The maximum Gasteiger partial charge on any atom is 0.253 e. The number of piperidine rings is 1. The third kappa shape index (κ3) is 3.19. The molecular formula is C14H20N2O3S. The van der Waals surface area contributed by atoms with Crippen LogP contribution in [0.25, 0.3) is 0 Å². The molecule has 1 aliphatic rings. The molecule has 1 amide bonds. The van der Waals surface area contributed by atoms with Gasteiger partial charge in [-0.25, -0.2) is 8.42 Å². The van der Waals surface area contributed by atoms with E-state index in [1.165, 1.54) is 12.1 Å². The van der Waals surface area contributed by atoms with Gasteiger partial charge in [0.2, 0.25) is 0 Å². The summed E-state index contributed by atoms with van der Waals surface area (Å²) in [5, 5.41) is 0. The highest BCUT2D eigenvalue weighted by molar-refractivity contribution is 7.91. The Hall–Kier alpha value is -1.40. The SMILES string of the molecule is CCS(=O)(=O)c1ccc(C(=O)N2CCCC(N)C2)cc1. The van der Waals surface area contributed by atoms with Gasteiger partial charge in [-0.15, -0.1) is 0 Å². The first-order chi connectivity index (χ1) is 9.44. The first-order valence-corrected chi connectivity index (χ1v) is 8.47. The molecule has 20 heavy (non-hydrogen) atoms. The Morgan fingerprint density at radius 1 is 1.35 bits per heavy atom. The smallest absolute Gasteiger partial charge is 0.253 e. The van der Waals surface area contributed by atoms with E-state index in [1.807, 2.05) is 0 Å². The molecule has 1 aromatic rings. The summed E-state index contributed by atoms with van der Waals surface area (Å²) in [5.74, 6) is -0.0260. The zero-order chi connectivity index (χ0) is 14.8. The first-order valence-electron chi connectivity index (χ1n) is 6.81. The van der Waals surface area contributed by atoms with Crippen molar-refractivity contribution in [1.82, 2.24) is 4.90 Å². The molecule has 2 N–H and O–H groups in total. The third-order valence-electron chi connectivity index (χ3n) is 3.59. The highest BCUT2D eigenvalue weighted by Gasteiger charge is 2.22. The van der Waals surface area contributed by atoms with Gasteiger partial charge in [-0.2, -0.15) is 0 Å². The van der Waals surface area contributed by atoms with Crippen LogP contribution in [0.5, 0.6) is 0 Å². The van der Waals surface area contributed by atoms with Crippen LogP contribution in [0, 0.1) is 0 Å². The van der Waals surface area contributed by atoms with E-state index in [9.17, 15) is 13.2 Å². The Balaban J connectivity index is 2.16. The van der Waals surface area contributed by atoms with Crippen molar-refractivity contribution in [3.63, 3.8) is 0 Å². The third-order valence-corrected chi connectivity index (χ3v) is 5.34. The van der Waals surface area contributed by atoms with Gasteiger partial charge < -0.3 is 10.6 Å². The highest BCUT2D eigenvalue weighted by atomic mass is 32.2. The molecule has 0 spiro atoms. The van der Waals surface area contributed by atoms with Gasteiger partial charge in [0.1, 0.15) is 0 Å². The molecular weight excluding hydrogens is 276 g/mol. The summed E-state index contributed by atoms with van der Waals surface area (Å²) < 4.78 is 23.4. The van der Waals surface area contributed by atoms with E-state index in [1.54, 1.807) is 24.0 Å². The molecule has 0 saturated carbocycles. The van der Waals surface area contributed by atoms with Crippen LogP contribution in [0.4, 0.5) is 0 Å². The lowest BCUT2D eigenvalue weighted by atomic mass is 10.1. The minimum absolute atomic E-state index is 0.0347. The summed E-state index contributed by atoms with van der Waals surface area (Å²) >= 11 is 0. The van der Waals surface area contributed by atoms with Crippen LogP contribution < -0.4 is 5.73 Å². The molecule has 6 heteroatoms. The van der Waals surface area contributed by atoms with E-state index in [-0.39, 0.29) is 22.6 Å². The molecule has 1 aliphatic heterocycles. The van der Waals surface area contributed by atoms with Crippen molar-refractivity contribution in [3.8, 4) is 0 Å². The van der Waals surface area contributed by atoms with Gasteiger partial charge in [0.05, 0.1) is 10.6 Å². The Kier molecular flexibility index (Phi) is 4.45. The van der Waals surface area contributed by atoms with Gasteiger partial charge >= 0.3 is 0 Å². The molecule has 0 aromatic heterocycles. The standard InChI is InChI=1S/C14H20N2O3S/c1-2-20(18,19)13-7-5-11(6-8-13)14(17)16-9-3-4-12(15)10-16/h5-8,12H,2-4,9-10,15H2,1H3. The van der Waals surface area contributed by atoms with Crippen LogP contribution in [0.3, 0.4) is 0 Å². The van der Waals surface area contributed by atoms with Crippen molar-refractivity contribution in [2.24, 2.45) is 5.73 Å². The molecule has 1 heterocycles. The lowest BCUT2D eigenvalue weighted by Crippen LogP contribution is -2.45. The number of nitrogens with two attached hydrogens (primary N) is 1. The van der Waals surface area contributed by atoms with Crippen molar-refractivity contribution >= 4 is 15.7 Å². The summed E-state index contributed by atoms with van der Waals surface area (Å²) in [6, 6.07) is 6.18. The second-order valence-corrected chi connectivity index (χ2v) is 7.36. The van der Waals surface area contributed by atoms with Gasteiger partial charge in [0, 0.05) is 24.7 Å². The fourth-order valence-corrected chi connectivity index (χ4v) is 3.23. The predicted molar refractivity (Wildman–Crippen MR) is 77.3 cm³/mol. The molecule has 2 rings (SSSR count). The van der Waals surface area contributed by atoms with E-state index in [4.69, 9.17) is 5.73 Å². The Morgan fingerprint density at radius 2 is 2.00 bits per heavy atom. The predicted octanol–water partition coefficient (Wildman–Crippen LogP) is 1.04. The minimum Gasteiger partial charge on any atom is -0.337 e. The summed E-state index contributed by atoms with van der Waals surface area (Å²) in [5.41, 5.74) is 6.38. The van der Waals surface area contributed by atoms with Crippen LogP contribution in [0.15, 0.2) is 29.2 Å². The number of amides is 1. The second kappa shape index (κ2) is 5.93. The van der Waals surface area contributed by atoms with Crippen LogP contribution in [-0.2, 0) is 9.84 Å². The van der Waals surface area contributed by atoms with Gasteiger partial charge in [-0.1, -0.05) is 6.92 Å². The van der Waals surface area contributed by atoms with Crippen molar-refractivity contribution < 1.29 is 13.2 Å². The molecule has 1 unspecified atom stereocenters. The maximum absolute atomic E-state index is 12.3. The monoisotopic (exact) mass is 296 g/mol. The summed E-state index contributed by atoms with van der Waals surface area (Å²) in [7, 11) is -3.22. The van der Waals surface area contributed by atoms with E-state index < -0.39 is 9.84 Å². The number of benzene rings is 1. The Labute approximate surface area is 119 Å². The summed E-state index contributed by atoms with van der Waals surface area (Å²) in [4.78, 5) is 14.3. The minimum atomic E-state index is -3.22. The van der Waals surface area contributed by atoms with Crippen LogP contribution in [-0.4, -0.2) is 44.1 Å². The molecule has 0 radical (unpaired) electrons. The second-order valence-electron chi connectivity index (χ2n) is 5.08. The molecule has 5 nitrogen and oxygen atoms in total. The van der Waals surface area contributed by atoms with Crippen LogP contribution in [0.1, 0.15) is 30.1 Å². The lowest BCUT2D eigenvalue weighted by Gasteiger charge is -2.30. The average Bonchev–Trinajstić information content (AvgIpc) is 2.46. The number of hydrogen-bond acceptors (Lipinski definition) is 4. The maximum atomic E-state index is 12.3. The van der Waals surface area contributed by atoms with E-state index >= 15 is 0 Å². The molecule has 0 aliphatic carbocycles. The highest BCUT2D eigenvalue weighted by Crippen LogP contribution is 2.16. The Morgan fingerprint density at radius 3 is 2.55 bits per heavy atom. The Bertz CT molecular complexity index is 581. The molecule has 1 aromatic carbocycles. The zero-order valence-corrected chi connectivity index (χ0v) is 12.4. The first kappa shape index (κ1) is 15.0. The molecule has 1 fully saturated rings. The van der Waals surface area contributed by atoms with Crippen LogP contribution in [0.2, 0.25) is 0 Å². The average molecular weight is 296 g/mol. The number of hydrogen-bond donors (Lipinski definition) is 1. The van der Waals surface area contributed by atoms with Gasteiger partial charge in [0.15, 0.2) is 9.84 Å². The van der Waals surface area contributed by atoms with Crippen molar-refractivity contribution in [2.45, 2.75) is 30.7 Å². The molecule has 110 valence electrons. The van der Waals surface area contributed by atoms with Gasteiger partial charge in [-0.3, -0.25) is 4.79 Å². The zero-order valence-electron chi connectivity index (χ0n) is 11.6. The topological polar surface area (TPSA) is 80.5 Å². The van der Waals surface area contributed by atoms with Crippen LogP contribution >= 0.6 is 0 Å². The lowest BCUT2D eigenvalue weighted by molar-refractivity contribution is 0.0708. The quantitative estimate of drug-likeness (QED) is 0.904. The molecule has 1 saturated heterocycles. The fourth-order valence-electron chi connectivity index (χ4n) is 2.35. The van der Waals surface area contributed by atoms with E-state index in [2.05, 4.69) is 0 Å². The summed E-state index contributed by atoms with van der Waals surface area (Å²) in [6.07, 6.45) is 1.85. The van der Waals surface area contributed by atoms with E-state index in [0.717, 1.165) is 12.8 Å². The van der Waals surface area contributed by atoms with E-state index in [0.29, 0.717) is 18.7 Å². The van der Waals surface area contributed by atoms with Gasteiger partial charge in [-0.05, 0) is 37.1 Å².